The summed E-state index contributed by atoms with van der Waals surface area (Å²) in [5, 5.41) is 3.22. The van der Waals surface area contributed by atoms with Gasteiger partial charge in [-0.15, -0.1) is 0 Å². The Morgan fingerprint density at radius 2 is 1.82 bits per heavy atom. The van der Waals surface area contributed by atoms with Crippen molar-refractivity contribution in [2.75, 3.05) is 36.4 Å². The molecule has 0 radical (unpaired) electrons. The van der Waals surface area contributed by atoms with E-state index in [9.17, 15) is 4.79 Å². The molecule has 3 heterocycles. The van der Waals surface area contributed by atoms with Gasteiger partial charge in [-0.25, -0.2) is 9.97 Å². The van der Waals surface area contributed by atoms with Crippen molar-refractivity contribution in [3.8, 4) is 0 Å². The largest absolute Gasteiger partial charge is 0.368 e. The zero-order valence-electron chi connectivity index (χ0n) is 15.5. The maximum atomic E-state index is 12.8. The van der Waals surface area contributed by atoms with Crippen LogP contribution >= 0.6 is 0 Å². The summed E-state index contributed by atoms with van der Waals surface area (Å²) >= 11 is 0. The first-order valence-corrected chi connectivity index (χ1v) is 9.34. The van der Waals surface area contributed by atoms with Crippen molar-refractivity contribution >= 4 is 17.4 Å². The molecule has 1 aliphatic heterocycles. The average molecular weight is 374 g/mol. The maximum Gasteiger partial charge on any atom is 0.272 e. The SMILES string of the molecule is O=C(c1cc(NCc2cccnc2)ncn1)N1CCN(c2ccccc2)CC1. The number of carbonyl (C=O) groups is 1. The van der Waals surface area contributed by atoms with E-state index in [0.29, 0.717) is 31.1 Å². The Balaban J connectivity index is 1.36. The van der Waals surface area contributed by atoms with Crippen LogP contribution in [-0.2, 0) is 6.54 Å². The molecule has 0 atom stereocenters. The van der Waals surface area contributed by atoms with Gasteiger partial charge in [0.1, 0.15) is 17.8 Å². The lowest BCUT2D eigenvalue weighted by molar-refractivity contribution is 0.0740. The highest BCUT2D eigenvalue weighted by atomic mass is 16.2. The molecule has 0 bridgehead atoms. The number of hydrogen-bond donors (Lipinski definition) is 1. The zero-order chi connectivity index (χ0) is 19.2. The van der Waals surface area contributed by atoms with Gasteiger partial charge in [0, 0.05) is 56.9 Å². The number of benzene rings is 1. The van der Waals surface area contributed by atoms with Crippen LogP contribution in [-0.4, -0.2) is 51.9 Å². The minimum atomic E-state index is -0.0560. The van der Waals surface area contributed by atoms with Gasteiger partial charge in [-0.05, 0) is 23.8 Å². The fourth-order valence-electron chi connectivity index (χ4n) is 3.23. The molecule has 28 heavy (non-hydrogen) atoms. The maximum absolute atomic E-state index is 12.8. The van der Waals surface area contributed by atoms with Crippen LogP contribution in [0.5, 0.6) is 0 Å². The second-order valence-corrected chi connectivity index (χ2v) is 6.62. The van der Waals surface area contributed by atoms with Crippen LogP contribution in [0.1, 0.15) is 16.1 Å². The van der Waals surface area contributed by atoms with E-state index in [1.165, 1.54) is 12.0 Å². The Morgan fingerprint density at radius 1 is 1.00 bits per heavy atom. The molecular formula is C21H22N6O. The van der Waals surface area contributed by atoms with Crippen LogP contribution in [0.3, 0.4) is 0 Å². The molecule has 3 aromatic rings. The number of piperazine rings is 1. The van der Waals surface area contributed by atoms with E-state index in [0.717, 1.165) is 18.7 Å². The number of rotatable bonds is 5. The molecule has 1 amide bonds. The first-order valence-electron chi connectivity index (χ1n) is 9.34. The van der Waals surface area contributed by atoms with Gasteiger partial charge in [0.05, 0.1) is 0 Å². The normalized spacial score (nSPS) is 14.0. The Hall–Kier alpha value is -3.48. The summed E-state index contributed by atoms with van der Waals surface area (Å²) in [7, 11) is 0. The predicted octanol–water partition coefficient (Wildman–Crippen LogP) is 2.45. The second-order valence-electron chi connectivity index (χ2n) is 6.62. The Morgan fingerprint density at radius 3 is 2.57 bits per heavy atom. The molecule has 1 aromatic carbocycles. The average Bonchev–Trinajstić information content (AvgIpc) is 2.79. The van der Waals surface area contributed by atoms with E-state index in [1.54, 1.807) is 18.5 Å². The lowest BCUT2D eigenvalue weighted by Gasteiger charge is -2.36. The number of pyridine rings is 1. The van der Waals surface area contributed by atoms with E-state index < -0.39 is 0 Å². The lowest BCUT2D eigenvalue weighted by atomic mass is 10.2. The number of carbonyl (C=O) groups excluding carboxylic acids is 1. The molecule has 1 saturated heterocycles. The van der Waals surface area contributed by atoms with Gasteiger partial charge in [-0.2, -0.15) is 0 Å². The number of anilines is 2. The molecule has 0 spiro atoms. The fourth-order valence-corrected chi connectivity index (χ4v) is 3.23. The van der Waals surface area contributed by atoms with Crippen molar-refractivity contribution in [2.45, 2.75) is 6.54 Å². The molecule has 2 aromatic heterocycles. The van der Waals surface area contributed by atoms with E-state index in [2.05, 4.69) is 37.3 Å². The Labute approximate surface area is 164 Å². The molecule has 0 saturated carbocycles. The van der Waals surface area contributed by atoms with Gasteiger partial charge in [0.2, 0.25) is 0 Å². The van der Waals surface area contributed by atoms with Crippen LogP contribution in [0.4, 0.5) is 11.5 Å². The molecule has 0 unspecified atom stereocenters. The summed E-state index contributed by atoms with van der Waals surface area (Å²) in [6, 6.07) is 15.9. The van der Waals surface area contributed by atoms with E-state index in [4.69, 9.17) is 0 Å². The van der Waals surface area contributed by atoms with E-state index >= 15 is 0 Å². The van der Waals surface area contributed by atoms with E-state index in [-0.39, 0.29) is 5.91 Å². The minimum absolute atomic E-state index is 0.0560. The number of nitrogens with zero attached hydrogens (tertiary/aromatic N) is 5. The monoisotopic (exact) mass is 374 g/mol. The van der Waals surface area contributed by atoms with Crippen LogP contribution in [0.15, 0.2) is 67.3 Å². The van der Waals surface area contributed by atoms with Crippen molar-refractivity contribution in [1.29, 1.82) is 0 Å². The molecule has 7 heteroatoms. The first kappa shape index (κ1) is 17.9. The van der Waals surface area contributed by atoms with Crippen molar-refractivity contribution < 1.29 is 4.79 Å². The molecule has 1 aliphatic rings. The smallest absolute Gasteiger partial charge is 0.272 e. The zero-order valence-corrected chi connectivity index (χ0v) is 15.5. The predicted molar refractivity (Wildman–Crippen MR) is 108 cm³/mol. The van der Waals surface area contributed by atoms with Gasteiger partial charge in [0.25, 0.3) is 5.91 Å². The lowest BCUT2D eigenvalue weighted by Crippen LogP contribution is -2.49. The number of aromatic nitrogens is 3. The molecule has 142 valence electrons. The molecule has 1 fully saturated rings. The number of nitrogens with one attached hydrogen (secondary N) is 1. The highest BCUT2D eigenvalue weighted by molar-refractivity contribution is 5.93. The highest BCUT2D eigenvalue weighted by Crippen LogP contribution is 2.17. The van der Waals surface area contributed by atoms with Crippen LogP contribution in [0.2, 0.25) is 0 Å². The summed E-state index contributed by atoms with van der Waals surface area (Å²) in [5.41, 5.74) is 2.65. The number of para-hydroxylation sites is 1. The van der Waals surface area contributed by atoms with Crippen LogP contribution in [0.25, 0.3) is 0 Å². The Kier molecular flexibility index (Phi) is 5.42. The van der Waals surface area contributed by atoms with Gasteiger partial charge < -0.3 is 15.1 Å². The number of hydrogen-bond acceptors (Lipinski definition) is 6. The number of amides is 1. The quantitative estimate of drug-likeness (QED) is 0.739. The third-order valence-corrected chi connectivity index (χ3v) is 4.77. The second kappa shape index (κ2) is 8.47. The summed E-state index contributed by atoms with van der Waals surface area (Å²) in [5.74, 6) is 0.574. The molecule has 7 nitrogen and oxygen atoms in total. The van der Waals surface area contributed by atoms with Crippen molar-refractivity contribution in [2.24, 2.45) is 0 Å². The third-order valence-electron chi connectivity index (χ3n) is 4.77. The summed E-state index contributed by atoms with van der Waals surface area (Å²) in [4.78, 5) is 29.5. The minimum Gasteiger partial charge on any atom is -0.368 e. The van der Waals surface area contributed by atoms with Gasteiger partial charge in [-0.1, -0.05) is 24.3 Å². The van der Waals surface area contributed by atoms with Crippen molar-refractivity contribution in [3.63, 3.8) is 0 Å². The fraction of sp³-hybridized carbons (Fsp3) is 0.238. The van der Waals surface area contributed by atoms with Gasteiger partial charge in [0.15, 0.2) is 0 Å². The molecular weight excluding hydrogens is 352 g/mol. The highest BCUT2D eigenvalue weighted by Gasteiger charge is 2.23. The first-order chi connectivity index (χ1) is 13.8. The summed E-state index contributed by atoms with van der Waals surface area (Å²) in [6.45, 7) is 3.57. The van der Waals surface area contributed by atoms with E-state index in [1.807, 2.05) is 35.2 Å². The third kappa shape index (κ3) is 4.25. The Bertz CT molecular complexity index is 910. The van der Waals surface area contributed by atoms with Crippen molar-refractivity contribution in [3.05, 3.63) is 78.5 Å². The van der Waals surface area contributed by atoms with Crippen LogP contribution in [0, 0.1) is 0 Å². The topological polar surface area (TPSA) is 74.2 Å². The van der Waals surface area contributed by atoms with Crippen molar-refractivity contribution in [1.82, 2.24) is 19.9 Å². The summed E-state index contributed by atoms with van der Waals surface area (Å²) in [6.07, 6.45) is 4.97. The van der Waals surface area contributed by atoms with Gasteiger partial charge >= 0.3 is 0 Å². The molecule has 1 N–H and O–H groups in total. The molecule has 4 rings (SSSR count). The molecule has 0 aliphatic carbocycles. The summed E-state index contributed by atoms with van der Waals surface area (Å²) < 4.78 is 0. The standard InChI is InChI=1S/C21H22N6O/c28-21(27-11-9-26(10-12-27)18-6-2-1-3-7-18)19-13-20(25-16-24-19)23-15-17-5-4-8-22-14-17/h1-8,13-14,16H,9-12,15H2,(H,23,24,25). The van der Waals surface area contributed by atoms with Crippen LogP contribution < -0.4 is 10.2 Å². The van der Waals surface area contributed by atoms with Gasteiger partial charge in [-0.3, -0.25) is 9.78 Å².